The van der Waals surface area contributed by atoms with Crippen LogP contribution in [0.15, 0.2) is 42.5 Å². The van der Waals surface area contributed by atoms with Gasteiger partial charge in [0.05, 0.1) is 12.3 Å². The summed E-state index contributed by atoms with van der Waals surface area (Å²) >= 11 is 0. The molecule has 2 N–H and O–H groups in total. The fourth-order valence-corrected chi connectivity index (χ4v) is 2.10. The molecule has 0 heterocycles. The van der Waals surface area contributed by atoms with E-state index in [1.165, 1.54) is 18.4 Å². The molecule has 0 fully saturated rings. The lowest BCUT2D eigenvalue weighted by molar-refractivity contribution is 0.340. The van der Waals surface area contributed by atoms with Crippen molar-refractivity contribution in [2.75, 3.05) is 12.3 Å². The summed E-state index contributed by atoms with van der Waals surface area (Å²) in [6.45, 7) is 4.72. The van der Waals surface area contributed by atoms with Crippen LogP contribution in [0.4, 0.5) is 5.69 Å². The van der Waals surface area contributed by atoms with Gasteiger partial charge in [-0.05, 0) is 49.6 Å². The minimum atomic E-state index is 0.583. The average Bonchev–Trinajstić information content (AvgIpc) is 2.50. The first kappa shape index (κ1) is 15.2. The molecule has 0 aromatic heterocycles. The molecule has 0 saturated heterocycles. The van der Waals surface area contributed by atoms with Crippen molar-refractivity contribution in [3.05, 3.63) is 48.0 Å². The standard InChI is InChI=1S/C18H23NO2/c1-3-5-6-14-7-9-15(10-8-14)21-16-11-12-17(19)18(13-16)20-4-2/h7-13H,3-6,19H2,1-2H3. The third kappa shape index (κ3) is 4.42. The van der Waals surface area contributed by atoms with Gasteiger partial charge in [0, 0.05) is 6.07 Å². The zero-order valence-corrected chi connectivity index (χ0v) is 12.8. The molecular weight excluding hydrogens is 262 g/mol. The van der Waals surface area contributed by atoms with Crippen LogP contribution >= 0.6 is 0 Å². The van der Waals surface area contributed by atoms with Crippen LogP contribution in [0.1, 0.15) is 32.3 Å². The Bertz CT molecular complexity index is 564. The smallest absolute Gasteiger partial charge is 0.145 e. The van der Waals surface area contributed by atoms with E-state index in [0.29, 0.717) is 18.0 Å². The first-order chi connectivity index (χ1) is 10.2. The fraction of sp³-hybridized carbons (Fsp3) is 0.333. The fourth-order valence-electron chi connectivity index (χ4n) is 2.10. The number of benzene rings is 2. The van der Waals surface area contributed by atoms with Crippen molar-refractivity contribution in [3.63, 3.8) is 0 Å². The number of nitrogens with two attached hydrogens (primary N) is 1. The summed E-state index contributed by atoms with van der Waals surface area (Å²) in [5.41, 5.74) is 7.82. The number of ether oxygens (including phenoxy) is 2. The number of nitrogen functional groups attached to an aromatic ring is 1. The normalized spacial score (nSPS) is 10.4. The molecule has 0 radical (unpaired) electrons. The van der Waals surface area contributed by atoms with Crippen LogP contribution in [0, 0.1) is 0 Å². The van der Waals surface area contributed by atoms with Crippen LogP contribution in [0.3, 0.4) is 0 Å². The van der Waals surface area contributed by atoms with Gasteiger partial charge in [0.2, 0.25) is 0 Å². The highest BCUT2D eigenvalue weighted by Crippen LogP contribution is 2.30. The highest BCUT2D eigenvalue weighted by atomic mass is 16.5. The number of hydrogen-bond acceptors (Lipinski definition) is 3. The van der Waals surface area contributed by atoms with Gasteiger partial charge >= 0.3 is 0 Å². The van der Waals surface area contributed by atoms with Crippen molar-refractivity contribution >= 4 is 5.69 Å². The minimum absolute atomic E-state index is 0.583. The first-order valence-electron chi connectivity index (χ1n) is 7.52. The van der Waals surface area contributed by atoms with E-state index in [-0.39, 0.29) is 0 Å². The van der Waals surface area contributed by atoms with Gasteiger partial charge in [-0.1, -0.05) is 25.5 Å². The Kier molecular flexibility index (Phi) is 5.50. The summed E-state index contributed by atoms with van der Waals surface area (Å²) < 4.78 is 11.3. The Morgan fingerprint density at radius 3 is 2.33 bits per heavy atom. The zero-order valence-electron chi connectivity index (χ0n) is 12.8. The summed E-state index contributed by atoms with van der Waals surface area (Å²) in [7, 11) is 0. The maximum absolute atomic E-state index is 5.85. The second-order valence-corrected chi connectivity index (χ2v) is 4.98. The van der Waals surface area contributed by atoms with Crippen LogP contribution < -0.4 is 15.2 Å². The molecule has 21 heavy (non-hydrogen) atoms. The maximum Gasteiger partial charge on any atom is 0.145 e. The number of aryl methyl sites for hydroxylation is 1. The highest BCUT2D eigenvalue weighted by molar-refractivity contribution is 5.56. The Balaban J connectivity index is 2.05. The van der Waals surface area contributed by atoms with E-state index < -0.39 is 0 Å². The van der Waals surface area contributed by atoms with Gasteiger partial charge < -0.3 is 15.2 Å². The molecule has 0 unspecified atom stereocenters. The summed E-state index contributed by atoms with van der Waals surface area (Å²) in [5.74, 6) is 2.21. The molecule has 2 aromatic rings. The summed E-state index contributed by atoms with van der Waals surface area (Å²) in [4.78, 5) is 0. The molecule has 0 aliphatic rings. The van der Waals surface area contributed by atoms with Gasteiger partial charge in [0.1, 0.15) is 17.2 Å². The number of hydrogen-bond donors (Lipinski definition) is 1. The second kappa shape index (κ2) is 7.58. The van der Waals surface area contributed by atoms with Gasteiger partial charge in [-0.25, -0.2) is 0 Å². The average molecular weight is 285 g/mol. The second-order valence-electron chi connectivity index (χ2n) is 4.98. The Hall–Kier alpha value is -2.16. The van der Waals surface area contributed by atoms with Crippen molar-refractivity contribution in [2.24, 2.45) is 0 Å². The monoisotopic (exact) mass is 285 g/mol. The maximum atomic E-state index is 5.85. The lowest BCUT2D eigenvalue weighted by Crippen LogP contribution is -1.97. The lowest BCUT2D eigenvalue weighted by atomic mass is 10.1. The predicted molar refractivity (Wildman–Crippen MR) is 87.2 cm³/mol. The van der Waals surface area contributed by atoms with Crippen LogP contribution in [-0.2, 0) is 6.42 Å². The van der Waals surface area contributed by atoms with Gasteiger partial charge in [0.15, 0.2) is 0 Å². The van der Waals surface area contributed by atoms with Crippen LogP contribution in [0.25, 0.3) is 0 Å². The Labute approximate surface area is 126 Å². The van der Waals surface area contributed by atoms with E-state index in [9.17, 15) is 0 Å². The molecule has 0 aliphatic carbocycles. The van der Waals surface area contributed by atoms with Crippen molar-refractivity contribution in [1.29, 1.82) is 0 Å². The van der Waals surface area contributed by atoms with Crippen molar-refractivity contribution in [2.45, 2.75) is 33.1 Å². The summed E-state index contributed by atoms with van der Waals surface area (Å²) in [6.07, 6.45) is 3.55. The van der Waals surface area contributed by atoms with E-state index in [0.717, 1.165) is 17.9 Å². The summed E-state index contributed by atoms with van der Waals surface area (Å²) in [5, 5.41) is 0. The van der Waals surface area contributed by atoms with E-state index in [4.69, 9.17) is 15.2 Å². The number of anilines is 1. The predicted octanol–water partition coefficient (Wildman–Crippen LogP) is 4.80. The van der Waals surface area contributed by atoms with Crippen molar-refractivity contribution in [3.8, 4) is 17.2 Å². The quantitative estimate of drug-likeness (QED) is 0.743. The molecule has 112 valence electrons. The van der Waals surface area contributed by atoms with E-state index in [2.05, 4.69) is 19.1 Å². The van der Waals surface area contributed by atoms with E-state index in [1.807, 2.05) is 31.2 Å². The third-order valence-electron chi connectivity index (χ3n) is 3.26. The number of rotatable bonds is 7. The molecule has 0 amide bonds. The van der Waals surface area contributed by atoms with Crippen molar-refractivity contribution < 1.29 is 9.47 Å². The van der Waals surface area contributed by atoms with E-state index >= 15 is 0 Å². The Morgan fingerprint density at radius 2 is 1.67 bits per heavy atom. The van der Waals surface area contributed by atoms with Gasteiger partial charge in [-0.3, -0.25) is 0 Å². The minimum Gasteiger partial charge on any atom is -0.492 e. The molecule has 0 bridgehead atoms. The molecule has 3 heteroatoms. The van der Waals surface area contributed by atoms with Gasteiger partial charge in [-0.2, -0.15) is 0 Å². The zero-order chi connectivity index (χ0) is 15.1. The molecule has 0 spiro atoms. The summed E-state index contributed by atoms with van der Waals surface area (Å²) in [6, 6.07) is 13.7. The van der Waals surface area contributed by atoms with Crippen LogP contribution in [-0.4, -0.2) is 6.61 Å². The lowest BCUT2D eigenvalue weighted by Gasteiger charge is -2.11. The van der Waals surface area contributed by atoms with E-state index in [1.54, 1.807) is 6.07 Å². The van der Waals surface area contributed by atoms with Gasteiger partial charge in [0.25, 0.3) is 0 Å². The molecule has 2 rings (SSSR count). The molecule has 0 aliphatic heterocycles. The Morgan fingerprint density at radius 1 is 0.952 bits per heavy atom. The largest absolute Gasteiger partial charge is 0.492 e. The highest BCUT2D eigenvalue weighted by Gasteiger charge is 2.04. The topological polar surface area (TPSA) is 44.5 Å². The molecular formula is C18H23NO2. The molecule has 0 saturated carbocycles. The molecule has 3 nitrogen and oxygen atoms in total. The first-order valence-corrected chi connectivity index (χ1v) is 7.52. The molecule has 0 atom stereocenters. The SMILES string of the molecule is CCCCc1ccc(Oc2ccc(N)c(OCC)c2)cc1. The number of unbranched alkanes of at least 4 members (excludes halogenated alkanes) is 1. The molecule has 2 aromatic carbocycles. The van der Waals surface area contributed by atoms with Gasteiger partial charge in [-0.15, -0.1) is 0 Å². The third-order valence-corrected chi connectivity index (χ3v) is 3.26. The van der Waals surface area contributed by atoms with Crippen LogP contribution in [0.2, 0.25) is 0 Å². The van der Waals surface area contributed by atoms with Crippen molar-refractivity contribution in [1.82, 2.24) is 0 Å². The van der Waals surface area contributed by atoms with Crippen LogP contribution in [0.5, 0.6) is 17.2 Å².